The van der Waals surface area contributed by atoms with Crippen LogP contribution in [0.4, 0.5) is 11.9 Å². The van der Waals surface area contributed by atoms with Gasteiger partial charge in [-0.15, -0.1) is 0 Å². The molecule has 0 aromatic carbocycles. The van der Waals surface area contributed by atoms with Crippen LogP contribution in [-0.2, 0) is 0 Å². The topological polar surface area (TPSA) is 81.2 Å². The molecule has 0 amide bonds. The van der Waals surface area contributed by atoms with Gasteiger partial charge in [-0.25, -0.2) is 0 Å². The number of aromatic nitrogens is 3. The highest BCUT2D eigenvalue weighted by Crippen LogP contribution is 2.34. The lowest BCUT2D eigenvalue weighted by Gasteiger charge is -2.49. The van der Waals surface area contributed by atoms with E-state index in [1.165, 1.54) is 96.6 Å². The van der Waals surface area contributed by atoms with Gasteiger partial charge in [0.1, 0.15) is 5.82 Å². The second-order valence-corrected chi connectivity index (χ2v) is 17.9. The van der Waals surface area contributed by atoms with E-state index in [2.05, 4.69) is 88.1 Å². The van der Waals surface area contributed by atoms with Gasteiger partial charge >= 0.3 is 0 Å². The normalized spacial score (nSPS) is 23.5. The number of piperidine rings is 2. The number of rotatable bonds is 15. The lowest BCUT2D eigenvalue weighted by atomic mass is 9.79. The average Bonchev–Trinajstić information content (AvgIpc) is 2.90. The highest BCUT2D eigenvalue weighted by atomic mass is 15.3. The molecule has 3 heterocycles. The summed E-state index contributed by atoms with van der Waals surface area (Å²) in [5.41, 5.74) is 0.540. The molecular weight excluding hydrogens is 568 g/mol. The molecular formula is C38H72N8. The Hall–Kier alpha value is -1.51. The van der Waals surface area contributed by atoms with Crippen molar-refractivity contribution in [1.82, 2.24) is 30.5 Å². The van der Waals surface area contributed by atoms with Crippen molar-refractivity contribution in [1.29, 1.82) is 0 Å². The Morgan fingerprint density at radius 3 is 1.74 bits per heavy atom. The van der Waals surface area contributed by atoms with Crippen molar-refractivity contribution in [3.63, 3.8) is 0 Å². The van der Waals surface area contributed by atoms with Gasteiger partial charge < -0.3 is 25.8 Å². The molecule has 3 N–H and O–H groups in total. The van der Waals surface area contributed by atoms with Gasteiger partial charge in [0.2, 0.25) is 11.9 Å². The van der Waals surface area contributed by atoms with Crippen LogP contribution in [-0.4, -0.2) is 79.8 Å². The number of aryl methyl sites for hydroxylation is 1. The Bertz CT molecular complexity index is 1040. The van der Waals surface area contributed by atoms with E-state index in [0.717, 1.165) is 37.1 Å². The fourth-order valence-corrected chi connectivity index (χ4v) is 9.44. The van der Waals surface area contributed by atoms with Crippen LogP contribution in [0.15, 0.2) is 0 Å². The summed E-state index contributed by atoms with van der Waals surface area (Å²) in [6.07, 6.45) is 18.6. The number of anilines is 2. The van der Waals surface area contributed by atoms with Crippen LogP contribution in [0.1, 0.15) is 164 Å². The Labute approximate surface area is 283 Å². The van der Waals surface area contributed by atoms with E-state index in [9.17, 15) is 0 Å². The summed E-state index contributed by atoms with van der Waals surface area (Å²) in [5, 5.41) is 11.4. The Balaban J connectivity index is 1.35. The first-order valence-corrected chi connectivity index (χ1v) is 19.1. The number of nitrogens with one attached hydrogen (secondary N) is 3. The Morgan fingerprint density at radius 2 is 1.17 bits per heavy atom. The maximum absolute atomic E-state index is 5.09. The van der Waals surface area contributed by atoms with Gasteiger partial charge in [-0.2, -0.15) is 15.0 Å². The number of nitrogens with zero attached hydrogens (tertiary/aromatic N) is 5. The maximum Gasteiger partial charge on any atom is 0.230 e. The van der Waals surface area contributed by atoms with E-state index in [1.54, 1.807) is 0 Å². The first-order chi connectivity index (χ1) is 21.6. The first-order valence-electron chi connectivity index (χ1n) is 19.1. The fraction of sp³-hybridized carbons (Fsp3) is 0.921. The minimum absolute atomic E-state index is 0.0686. The van der Waals surface area contributed by atoms with Crippen molar-refractivity contribution in [3.8, 4) is 0 Å². The molecule has 0 bridgehead atoms. The lowest BCUT2D eigenvalue weighted by Crippen LogP contribution is -2.62. The predicted molar refractivity (Wildman–Crippen MR) is 196 cm³/mol. The quantitative estimate of drug-likeness (QED) is 0.166. The molecule has 1 aromatic heterocycles. The highest BCUT2D eigenvalue weighted by Gasteiger charge is 2.41. The third-order valence-electron chi connectivity index (χ3n) is 10.6. The molecule has 1 aromatic rings. The molecule has 0 radical (unpaired) electrons. The Kier molecular flexibility index (Phi) is 12.8. The lowest BCUT2D eigenvalue weighted by molar-refractivity contribution is 0.0648. The second kappa shape index (κ2) is 15.8. The van der Waals surface area contributed by atoms with Crippen molar-refractivity contribution in [2.75, 3.05) is 29.9 Å². The summed E-state index contributed by atoms with van der Waals surface area (Å²) in [7, 11) is 0. The van der Waals surface area contributed by atoms with Crippen molar-refractivity contribution in [2.45, 2.75) is 206 Å². The summed E-state index contributed by atoms with van der Waals surface area (Å²) < 4.78 is 0. The van der Waals surface area contributed by atoms with Gasteiger partial charge in [0.15, 0.2) is 0 Å². The number of unbranched alkanes of at least 4 members (excludes halogenated alkanes) is 4. The molecule has 0 spiro atoms. The first kappa shape index (κ1) is 37.3. The van der Waals surface area contributed by atoms with Crippen molar-refractivity contribution >= 4 is 11.9 Å². The molecule has 1 aliphatic carbocycles. The van der Waals surface area contributed by atoms with Crippen LogP contribution in [0.5, 0.6) is 0 Å². The number of hydrogen-bond acceptors (Lipinski definition) is 8. The summed E-state index contributed by atoms with van der Waals surface area (Å²) in [6.45, 7) is 26.7. The fourth-order valence-electron chi connectivity index (χ4n) is 9.44. The van der Waals surface area contributed by atoms with E-state index < -0.39 is 0 Å². The van der Waals surface area contributed by atoms with Crippen LogP contribution in [0.3, 0.4) is 0 Å². The van der Waals surface area contributed by atoms with Gasteiger partial charge in [0.25, 0.3) is 0 Å². The molecule has 4 rings (SSSR count). The molecule has 8 heteroatoms. The molecule has 264 valence electrons. The van der Waals surface area contributed by atoms with Crippen molar-refractivity contribution in [3.05, 3.63) is 5.82 Å². The molecule has 0 atom stereocenters. The predicted octanol–water partition coefficient (Wildman–Crippen LogP) is 8.01. The SMILES string of the molecule is CCCN(CCCCCCCN(c1nc(C)nc(NC2CCCCC2)n1)C1CC(C)(C)NC(C)(C)C1)C1CC(C)(C)NC(C)(C)C1. The van der Waals surface area contributed by atoms with E-state index in [0.29, 0.717) is 18.1 Å². The van der Waals surface area contributed by atoms with Crippen LogP contribution in [0.2, 0.25) is 0 Å². The zero-order chi connectivity index (χ0) is 33.6. The van der Waals surface area contributed by atoms with E-state index >= 15 is 0 Å². The van der Waals surface area contributed by atoms with Crippen LogP contribution in [0.25, 0.3) is 0 Å². The largest absolute Gasteiger partial charge is 0.351 e. The van der Waals surface area contributed by atoms with Gasteiger partial charge in [-0.1, -0.05) is 45.4 Å². The maximum atomic E-state index is 5.09. The molecule has 2 aliphatic heterocycles. The minimum atomic E-state index is 0.0686. The van der Waals surface area contributed by atoms with Crippen molar-refractivity contribution < 1.29 is 0 Å². The molecule has 2 saturated heterocycles. The summed E-state index contributed by atoms with van der Waals surface area (Å²) >= 11 is 0. The van der Waals surface area contributed by atoms with E-state index in [4.69, 9.17) is 15.0 Å². The molecule has 3 aliphatic rings. The second-order valence-electron chi connectivity index (χ2n) is 17.9. The van der Waals surface area contributed by atoms with Crippen LogP contribution < -0.4 is 20.9 Å². The summed E-state index contributed by atoms with van der Waals surface area (Å²) in [6, 6.07) is 1.56. The zero-order valence-electron chi connectivity index (χ0n) is 31.7. The number of hydrogen-bond donors (Lipinski definition) is 3. The monoisotopic (exact) mass is 641 g/mol. The smallest absolute Gasteiger partial charge is 0.230 e. The molecule has 46 heavy (non-hydrogen) atoms. The van der Waals surface area contributed by atoms with E-state index in [-0.39, 0.29) is 22.2 Å². The van der Waals surface area contributed by atoms with Gasteiger partial charge in [0.05, 0.1) is 0 Å². The minimum Gasteiger partial charge on any atom is -0.351 e. The van der Waals surface area contributed by atoms with Crippen LogP contribution >= 0.6 is 0 Å². The third kappa shape index (κ3) is 11.6. The van der Waals surface area contributed by atoms with Gasteiger partial charge in [0, 0.05) is 46.8 Å². The van der Waals surface area contributed by atoms with E-state index in [1.807, 2.05) is 6.92 Å². The van der Waals surface area contributed by atoms with Crippen molar-refractivity contribution in [2.24, 2.45) is 0 Å². The molecule has 0 unspecified atom stereocenters. The van der Waals surface area contributed by atoms with Gasteiger partial charge in [-0.3, -0.25) is 0 Å². The molecule has 1 saturated carbocycles. The summed E-state index contributed by atoms with van der Waals surface area (Å²) in [5.74, 6) is 2.45. The summed E-state index contributed by atoms with van der Waals surface area (Å²) in [4.78, 5) is 20.2. The van der Waals surface area contributed by atoms with Gasteiger partial charge in [-0.05, 0) is 133 Å². The standard InChI is InChI=1S/C38H72N8/c1-11-22-45(31-25-35(3,4)43-36(5,6)26-31)23-18-13-12-14-19-24-46(32-27-37(7,8)44-38(9,10)28-32)34-40-29(2)39-33(42-34)41-30-20-16-15-17-21-30/h30-32,43-44H,11-28H2,1-10H3,(H,39,40,41,42). The van der Waals surface area contributed by atoms with Crippen LogP contribution in [0, 0.1) is 6.92 Å². The average molecular weight is 641 g/mol. The molecule has 3 fully saturated rings. The third-order valence-corrected chi connectivity index (χ3v) is 10.6. The molecule has 8 nitrogen and oxygen atoms in total. The zero-order valence-corrected chi connectivity index (χ0v) is 31.7. The highest BCUT2D eigenvalue weighted by molar-refractivity contribution is 5.39. The Morgan fingerprint density at radius 1 is 0.652 bits per heavy atom.